The van der Waals surface area contributed by atoms with E-state index in [1.165, 1.54) is 17.4 Å². The molecular formula is C15H15F3N4OS. The third-order valence-corrected chi connectivity index (χ3v) is 4.70. The Balaban J connectivity index is 1.58. The molecule has 3 rings (SSSR count). The van der Waals surface area contributed by atoms with Gasteiger partial charge in [0.25, 0.3) is 0 Å². The summed E-state index contributed by atoms with van der Waals surface area (Å²) in [5.74, 6) is -0.861. The van der Waals surface area contributed by atoms with Crippen LogP contribution in [0.1, 0.15) is 22.9 Å². The zero-order valence-corrected chi connectivity index (χ0v) is 13.4. The predicted molar refractivity (Wildman–Crippen MR) is 83.1 cm³/mol. The molecular weight excluding hydrogens is 341 g/mol. The highest BCUT2D eigenvalue weighted by atomic mass is 32.1. The quantitative estimate of drug-likeness (QED) is 0.857. The summed E-state index contributed by atoms with van der Waals surface area (Å²) in [6, 6.07) is 3.78. The van der Waals surface area contributed by atoms with Crippen molar-refractivity contribution in [3.8, 4) is 0 Å². The molecule has 3 heterocycles. The summed E-state index contributed by atoms with van der Waals surface area (Å²) in [7, 11) is 0. The Bertz CT molecular complexity index is 736. The molecule has 1 N–H and O–H groups in total. The SMILES string of the molecule is O=C(C=Cc1cccs1)NCc1nnc2n1CCC(C(F)(F)F)C2. The fourth-order valence-electron chi connectivity index (χ4n) is 2.57. The Labute approximate surface area is 140 Å². The van der Waals surface area contributed by atoms with Gasteiger partial charge in [0.1, 0.15) is 5.82 Å². The first-order chi connectivity index (χ1) is 11.4. The summed E-state index contributed by atoms with van der Waals surface area (Å²) in [5.41, 5.74) is 0. The van der Waals surface area contributed by atoms with Gasteiger partial charge in [-0.15, -0.1) is 21.5 Å². The number of amides is 1. The van der Waals surface area contributed by atoms with Crippen LogP contribution in [-0.2, 0) is 24.3 Å². The lowest BCUT2D eigenvalue weighted by atomic mass is 9.97. The number of fused-ring (bicyclic) bond motifs is 1. The van der Waals surface area contributed by atoms with Crippen LogP contribution in [0.4, 0.5) is 13.2 Å². The number of nitrogens with one attached hydrogen (secondary N) is 1. The molecule has 1 aliphatic heterocycles. The zero-order chi connectivity index (χ0) is 17.2. The van der Waals surface area contributed by atoms with E-state index >= 15 is 0 Å². The number of hydrogen-bond acceptors (Lipinski definition) is 4. The number of carbonyl (C=O) groups is 1. The molecule has 2 aromatic heterocycles. The second-order valence-electron chi connectivity index (χ2n) is 5.48. The number of halogens is 3. The molecule has 9 heteroatoms. The summed E-state index contributed by atoms with van der Waals surface area (Å²) < 4.78 is 40.0. The number of nitrogens with zero attached hydrogens (tertiary/aromatic N) is 3. The largest absolute Gasteiger partial charge is 0.392 e. The molecule has 5 nitrogen and oxygen atoms in total. The average Bonchev–Trinajstić information content (AvgIpc) is 3.19. The number of hydrogen-bond donors (Lipinski definition) is 1. The maximum atomic E-state index is 12.8. The van der Waals surface area contributed by atoms with Gasteiger partial charge in [-0.2, -0.15) is 13.2 Å². The van der Waals surface area contributed by atoms with Crippen molar-refractivity contribution in [3.05, 3.63) is 40.1 Å². The van der Waals surface area contributed by atoms with Crippen molar-refractivity contribution in [2.75, 3.05) is 0 Å². The lowest BCUT2D eigenvalue weighted by Gasteiger charge is -2.25. The maximum Gasteiger partial charge on any atom is 0.392 e. The van der Waals surface area contributed by atoms with Gasteiger partial charge in [-0.1, -0.05) is 6.07 Å². The first kappa shape index (κ1) is 16.7. The second-order valence-corrected chi connectivity index (χ2v) is 6.46. The van der Waals surface area contributed by atoms with Crippen LogP contribution < -0.4 is 5.32 Å². The van der Waals surface area contributed by atoms with E-state index in [1.807, 2.05) is 17.5 Å². The first-order valence-electron chi connectivity index (χ1n) is 7.40. The minimum atomic E-state index is -4.21. The average molecular weight is 356 g/mol. The molecule has 0 bridgehead atoms. The summed E-state index contributed by atoms with van der Waals surface area (Å²) in [4.78, 5) is 12.7. The van der Waals surface area contributed by atoms with E-state index in [9.17, 15) is 18.0 Å². The summed E-state index contributed by atoms with van der Waals surface area (Å²) in [6.07, 6.45) is -1.25. The summed E-state index contributed by atoms with van der Waals surface area (Å²) >= 11 is 1.52. The van der Waals surface area contributed by atoms with Crippen LogP contribution >= 0.6 is 11.3 Å². The molecule has 1 atom stereocenters. The molecule has 24 heavy (non-hydrogen) atoms. The smallest absolute Gasteiger partial charge is 0.345 e. The molecule has 0 aliphatic carbocycles. The molecule has 0 fully saturated rings. The highest BCUT2D eigenvalue weighted by Gasteiger charge is 2.42. The van der Waals surface area contributed by atoms with Crippen molar-refractivity contribution in [2.24, 2.45) is 5.92 Å². The van der Waals surface area contributed by atoms with E-state index in [0.717, 1.165) is 4.88 Å². The van der Waals surface area contributed by atoms with Crippen LogP contribution in [0.25, 0.3) is 6.08 Å². The van der Waals surface area contributed by atoms with Crippen LogP contribution in [0.2, 0.25) is 0 Å². The minimum Gasteiger partial charge on any atom is -0.345 e. The highest BCUT2D eigenvalue weighted by Crippen LogP contribution is 2.34. The van der Waals surface area contributed by atoms with E-state index in [4.69, 9.17) is 0 Å². The number of carbonyl (C=O) groups excluding carboxylic acids is 1. The zero-order valence-electron chi connectivity index (χ0n) is 12.6. The standard InChI is InChI=1S/C15H15F3N4OS/c16-15(17,18)10-5-6-22-12(8-10)20-21-13(22)9-19-14(23)4-3-11-2-1-7-24-11/h1-4,7,10H,5-6,8-9H2,(H,19,23). The molecule has 2 aromatic rings. The Morgan fingerprint density at radius 1 is 1.46 bits per heavy atom. The van der Waals surface area contributed by atoms with E-state index in [-0.39, 0.29) is 31.8 Å². The number of aromatic nitrogens is 3. The molecule has 0 radical (unpaired) electrons. The van der Waals surface area contributed by atoms with Gasteiger partial charge in [0, 0.05) is 23.9 Å². The third-order valence-electron chi connectivity index (χ3n) is 3.86. The van der Waals surface area contributed by atoms with Gasteiger partial charge in [-0.25, -0.2) is 0 Å². The van der Waals surface area contributed by atoms with Crippen molar-refractivity contribution in [3.63, 3.8) is 0 Å². The summed E-state index contributed by atoms with van der Waals surface area (Å²) in [5, 5.41) is 12.3. The topological polar surface area (TPSA) is 59.8 Å². The second kappa shape index (κ2) is 6.76. The van der Waals surface area contributed by atoms with Crippen LogP contribution in [0.3, 0.4) is 0 Å². The Morgan fingerprint density at radius 3 is 3.00 bits per heavy atom. The van der Waals surface area contributed by atoms with Gasteiger partial charge in [0.15, 0.2) is 5.82 Å². The first-order valence-corrected chi connectivity index (χ1v) is 8.28. The van der Waals surface area contributed by atoms with Crippen LogP contribution in [0.15, 0.2) is 23.6 Å². The summed E-state index contributed by atoms with van der Waals surface area (Å²) in [6.45, 7) is 0.347. The fraction of sp³-hybridized carbons (Fsp3) is 0.400. The molecule has 128 valence electrons. The van der Waals surface area contributed by atoms with Crippen LogP contribution in [0.5, 0.6) is 0 Å². The lowest BCUT2D eigenvalue weighted by molar-refractivity contribution is -0.179. The van der Waals surface area contributed by atoms with Crippen LogP contribution in [0, 0.1) is 5.92 Å². The maximum absolute atomic E-state index is 12.8. The van der Waals surface area contributed by atoms with Gasteiger partial charge in [0.05, 0.1) is 12.5 Å². The van der Waals surface area contributed by atoms with Gasteiger partial charge in [-0.3, -0.25) is 4.79 Å². The Morgan fingerprint density at radius 2 is 2.29 bits per heavy atom. The van der Waals surface area contributed by atoms with Crippen molar-refractivity contribution in [2.45, 2.75) is 32.1 Å². The van der Waals surface area contributed by atoms with Gasteiger partial charge in [0.2, 0.25) is 5.91 Å². The van der Waals surface area contributed by atoms with Gasteiger partial charge >= 0.3 is 6.18 Å². The monoisotopic (exact) mass is 356 g/mol. The Kier molecular flexibility index (Phi) is 4.70. The molecule has 0 saturated carbocycles. The molecule has 1 unspecified atom stereocenters. The van der Waals surface area contributed by atoms with Crippen LogP contribution in [-0.4, -0.2) is 26.8 Å². The molecule has 0 spiro atoms. The van der Waals surface area contributed by atoms with E-state index < -0.39 is 12.1 Å². The third kappa shape index (κ3) is 3.84. The normalized spacial score (nSPS) is 17.9. The van der Waals surface area contributed by atoms with Crippen molar-refractivity contribution >= 4 is 23.3 Å². The van der Waals surface area contributed by atoms with Crippen molar-refractivity contribution in [1.29, 1.82) is 0 Å². The molecule has 0 saturated heterocycles. The molecule has 1 amide bonds. The Hall–Kier alpha value is -2.16. The molecule has 1 aliphatic rings. The number of alkyl halides is 3. The van der Waals surface area contributed by atoms with E-state index in [0.29, 0.717) is 11.6 Å². The van der Waals surface area contributed by atoms with Gasteiger partial charge < -0.3 is 9.88 Å². The number of rotatable bonds is 4. The fourth-order valence-corrected chi connectivity index (χ4v) is 3.19. The number of thiophene rings is 1. The van der Waals surface area contributed by atoms with Crippen molar-refractivity contribution in [1.82, 2.24) is 20.1 Å². The highest BCUT2D eigenvalue weighted by molar-refractivity contribution is 7.10. The minimum absolute atomic E-state index is 0.00771. The molecule has 0 aromatic carbocycles. The van der Waals surface area contributed by atoms with Gasteiger partial charge in [-0.05, 0) is 23.9 Å². The lowest BCUT2D eigenvalue weighted by Crippen LogP contribution is -2.32. The predicted octanol–water partition coefficient (Wildman–Crippen LogP) is 2.79. The van der Waals surface area contributed by atoms with Crippen molar-refractivity contribution < 1.29 is 18.0 Å². The van der Waals surface area contributed by atoms with E-state index in [1.54, 1.807) is 10.6 Å². The van der Waals surface area contributed by atoms with E-state index in [2.05, 4.69) is 15.5 Å².